The molecule has 2 aromatic rings. The molecule has 0 aliphatic heterocycles. The minimum absolute atomic E-state index is 0.0307. The second kappa shape index (κ2) is 5.64. The van der Waals surface area contributed by atoms with E-state index in [9.17, 15) is 14.7 Å². The molecule has 0 unspecified atom stereocenters. The Labute approximate surface area is 128 Å². The van der Waals surface area contributed by atoms with Gasteiger partial charge in [0.05, 0.1) is 11.3 Å². The van der Waals surface area contributed by atoms with Crippen molar-refractivity contribution in [1.29, 1.82) is 0 Å². The number of carboxylic acids is 1. The molecule has 0 atom stereocenters. The smallest absolute Gasteiger partial charge is 0.337 e. The lowest BCUT2D eigenvalue weighted by molar-refractivity contribution is -0.117. The van der Waals surface area contributed by atoms with Gasteiger partial charge in [-0.3, -0.25) is 4.79 Å². The Morgan fingerprint density at radius 2 is 1.82 bits per heavy atom. The first-order valence-electron chi connectivity index (χ1n) is 7.30. The van der Waals surface area contributed by atoms with Crippen molar-refractivity contribution < 1.29 is 14.7 Å². The van der Waals surface area contributed by atoms with E-state index >= 15 is 0 Å². The van der Waals surface area contributed by atoms with Crippen molar-refractivity contribution in [2.75, 3.05) is 5.32 Å². The molecule has 3 rings (SSSR count). The standard InChI is InChI=1S/C18H17NO3/c1-11-9-15(18(21)22)16(19-17(20)13-7-8-13)10-14(11)12-5-3-2-4-6-12/h2-6,9-10,13H,7-8H2,1H3,(H,19,20)(H,21,22). The fraction of sp³-hybridized carbons (Fsp3) is 0.222. The number of hydrogen-bond acceptors (Lipinski definition) is 2. The van der Waals surface area contributed by atoms with Gasteiger partial charge in [-0.05, 0) is 48.6 Å². The molecule has 22 heavy (non-hydrogen) atoms. The van der Waals surface area contributed by atoms with Crippen molar-refractivity contribution in [3.63, 3.8) is 0 Å². The van der Waals surface area contributed by atoms with Gasteiger partial charge in [-0.25, -0.2) is 4.79 Å². The summed E-state index contributed by atoms with van der Waals surface area (Å²) in [5.74, 6) is -1.10. The zero-order valence-corrected chi connectivity index (χ0v) is 12.3. The lowest BCUT2D eigenvalue weighted by Gasteiger charge is -2.13. The van der Waals surface area contributed by atoms with Crippen molar-refractivity contribution in [2.45, 2.75) is 19.8 Å². The quantitative estimate of drug-likeness (QED) is 0.903. The second-order valence-electron chi connectivity index (χ2n) is 5.65. The third-order valence-electron chi connectivity index (χ3n) is 3.89. The Morgan fingerprint density at radius 1 is 1.14 bits per heavy atom. The summed E-state index contributed by atoms with van der Waals surface area (Å²) in [6, 6.07) is 13.1. The highest BCUT2D eigenvalue weighted by atomic mass is 16.4. The van der Waals surface area contributed by atoms with Crippen LogP contribution in [0.2, 0.25) is 0 Å². The van der Waals surface area contributed by atoms with E-state index in [-0.39, 0.29) is 17.4 Å². The van der Waals surface area contributed by atoms with Crippen LogP contribution < -0.4 is 5.32 Å². The number of carbonyl (C=O) groups is 2. The number of hydrogen-bond donors (Lipinski definition) is 2. The van der Waals surface area contributed by atoms with Crippen molar-refractivity contribution in [3.05, 3.63) is 53.6 Å². The average molecular weight is 295 g/mol. The Bertz CT molecular complexity index is 733. The Morgan fingerprint density at radius 3 is 2.41 bits per heavy atom. The molecule has 0 saturated heterocycles. The van der Waals surface area contributed by atoms with Crippen LogP contribution in [0.3, 0.4) is 0 Å². The predicted molar refractivity (Wildman–Crippen MR) is 84.9 cm³/mol. The molecule has 0 heterocycles. The minimum Gasteiger partial charge on any atom is -0.478 e. The second-order valence-corrected chi connectivity index (χ2v) is 5.65. The molecule has 0 bridgehead atoms. The van der Waals surface area contributed by atoms with Crippen LogP contribution in [0.1, 0.15) is 28.8 Å². The fourth-order valence-corrected chi connectivity index (χ4v) is 2.50. The summed E-state index contributed by atoms with van der Waals surface area (Å²) in [5, 5.41) is 12.1. The number of benzene rings is 2. The number of aryl methyl sites for hydroxylation is 1. The number of carboxylic acid groups (broad SMARTS) is 1. The Hall–Kier alpha value is -2.62. The van der Waals surface area contributed by atoms with Gasteiger partial charge >= 0.3 is 5.97 Å². The summed E-state index contributed by atoms with van der Waals surface area (Å²) in [6.45, 7) is 1.88. The topological polar surface area (TPSA) is 66.4 Å². The molecule has 2 aromatic carbocycles. The number of carbonyl (C=O) groups excluding carboxylic acids is 1. The first-order valence-corrected chi connectivity index (χ1v) is 7.30. The van der Waals surface area contributed by atoms with Crippen LogP contribution >= 0.6 is 0 Å². The molecule has 1 aliphatic rings. The SMILES string of the molecule is Cc1cc(C(=O)O)c(NC(=O)C2CC2)cc1-c1ccccc1. The van der Waals surface area contributed by atoms with Crippen molar-refractivity contribution >= 4 is 17.6 Å². The minimum atomic E-state index is -1.03. The Balaban J connectivity index is 2.05. The van der Waals surface area contributed by atoms with Crippen LogP contribution in [-0.4, -0.2) is 17.0 Å². The molecule has 2 N–H and O–H groups in total. The van der Waals surface area contributed by atoms with Crippen molar-refractivity contribution in [2.24, 2.45) is 5.92 Å². The highest BCUT2D eigenvalue weighted by Gasteiger charge is 2.30. The summed E-state index contributed by atoms with van der Waals surface area (Å²) in [6.07, 6.45) is 1.76. The highest BCUT2D eigenvalue weighted by Crippen LogP contribution is 2.33. The zero-order valence-electron chi connectivity index (χ0n) is 12.3. The number of amides is 1. The van der Waals surface area contributed by atoms with Crippen LogP contribution in [0.25, 0.3) is 11.1 Å². The molecule has 1 amide bonds. The van der Waals surface area contributed by atoms with E-state index in [1.807, 2.05) is 37.3 Å². The normalized spacial score (nSPS) is 13.7. The van der Waals surface area contributed by atoms with Crippen LogP contribution in [0.15, 0.2) is 42.5 Å². The van der Waals surface area contributed by atoms with E-state index in [0.29, 0.717) is 5.69 Å². The van der Waals surface area contributed by atoms with Gasteiger partial charge in [0.25, 0.3) is 0 Å². The predicted octanol–water partition coefficient (Wildman–Crippen LogP) is 3.71. The van der Waals surface area contributed by atoms with Crippen LogP contribution in [0.5, 0.6) is 0 Å². The fourth-order valence-electron chi connectivity index (χ4n) is 2.50. The molecule has 1 aliphatic carbocycles. The van der Waals surface area contributed by atoms with Crippen LogP contribution in [-0.2, 0) is 4.79 Å². The molecule has 0 spiro atoms. The lowest BCUT2D eigenvalue weighted by Crippen LogP contribution is -2.16. The molecule has 4 nitrogen and oxygen atoms in total. The van der Waals surface area contributed by atoms with Gasteiger partial charge in [-0.2, -0.15) is 0 Å². The Kier molecular flexibility index (Phi) is 3.67. The highest BCUT2D eigenvalue weighted by molar-refractivity contribution is 6.03. The largest absolute Gasteiger partial charge is 0.478 e. The maximum absolute atomic E-state index is 12.0. The third kappa shape index (κ3) is 2.86. The molecule has 112 valence electrons. The average Bonchev–Trinajstić information content (AvgIpc) is 3.34. The van der Waals surface area contributed by atoms with E-state index in [1.54, 1.807) is 12.1 Å². The maximum atomic E-state index is 12.0. The molecular weight excluding hydrogens is 278 g/mol. The van der Waals surface area contributed by atoms with Crippen LogP contribution in [0.4, 0.5) is 5.69 Å². The van der Waals surface area contributed by atoms with Gasteiger partial charge in [-0.15, -0.1) is 0 Å². The molecule has 1 saturated carbocycles. The first-order chi connectivity index (χ1) is 10.6. The summed E-state index contributed by atoms with van der Waals surface area (Å²) in [7, 11) is 0. The van der Waals surface area contributed by atoms with Crippen molar-refractivity contribution in [3.8, 4) is 11.1 Å². The summed E-state index contributed by atoms with van der Waals surface area (Å²) in [5.41, 5.74) is 3.30. The molecule has 4 heteroatoms. The number of rotatable bonds is 4. The number of anilines is 1. The zero-order chi connectivity index (χ0) is 15.7. The maximum Gasteiger partial charge on any atom is 0.337 e. The van der Waals surface area contributed by atoms with E-state index in [2.05, 4.69) is 5.32 Å². The van der Waals surface area contributed by atoms with Gasteiger partial charge in [0, 0.05) is 5.92 Å². The molecular formula is C18H17NO3. The third-order valence-corrected chi connectivity index (χ3v) is 3.89. The van der Waals surface area contributed by atoms with Gasteiger partial charge in [0.2, 0.25) is 5.91 Å². The number of nitrogens with one attached hydrogen (secondary N) is 1. The van der Waals surface area contributed by atoms with Crippen LogP contribution in [0, 0.1) is 12.8 Å². The lowest BCUT2D eigenvalue weighted by atomic mass is 9.97. The van der Waals surface area contributed by atoms with E-state index in [4.69, 9.17) is 0 Å². The summed E-state index contributed by atoms with van der Waals surface area (Å²) >= 11 is 0. The van der Waals surface area contributed by atoms with E-state index in [0.717, 1.165) is 29.5 Å². The summed E-state index contributed by atoms with van der Waals surface area (Å²) < 4.78 is 0. The molecule has 0 aromatic heterocycles. The van der Waals surface area contributed by atoms with E-state index in [1.165, 1.54) is 0 Å². The monoisotopic (exact) mass is 295 g/mol. The molecule has 0 radical (unpaired) electrons. The van der Waals surface area contributed by atoms with Gasteiger partial charge in [-0.1, -0.05) is 30.3 Å². The van der Waals surface area contributed by atoms with Gasteiger partial charge < -0.3 is 10.4 Å². The van der Waals surface area contributed by atoms with E-state index < -0.39 is 5.97 Å². The van der Waals surface area contributed by atoms with Gasteiger partial charge in [0.1, 0.15) is 0 Å². The van der Waals surface area contributed by atoms with Gasteiger partial charge in [0.15, 0.2) is 0 Å². The summed E-state index contributed by atoms with van der Waals surface area (Å²) in [4.78, 5) is 23.4. The first kappa shape index (κ1) is 14.3. The van der Waals surface area contributed by atoms with Crippen molar-refractivity contribution in [1.82, 2.24) is 0 Å². The molecule has 1 fully saturated rings. The number of aromatic carboxylic acids is 1.